The summed E-state index contributed by atoms with van der Waals surface area (Å²) in [4.78, 5) is 86.4. The predicted octanol–water partition coefficient (Wildman–Crippen LogP) is 5.40. The van der Waals surface area contributed by atoms with Gasteiger partial charge < -0.3 is 31.1 Å². The molecule has 6 amide bonds. The number of benzene rings is 5. The van der Waals surface area contributed by atoms with E-state index in [2.05, 4.69) is 21.3 Å². The normalized spacial score (nSPS) is 23.6. The van der Waals surface area contributed by atoms with Crippen molar-refractivity contribution in [2.45, 2.75) is 49.6 Å². The zero-order chi connectivity index (χ0) is 47.3. The van der Waals surface area contributed by atoms with E-state index in [0.29, 0.717) is 12.8 Å². The number of hydrogen-bond donors (Lipinski definition) is 4. The van der Waals surface area contributed by atoms with Crippen molar-refractivity contribution in [2.75, 3.05) is 39.3 Å². The predicted molar refractivity (Wildman–Crippen MR) is 250 cm³/mol. The summed E-state index contributed by atoms with van der Waals surface area (Å²) in [6.45, 7) is 0.515. The molecule has 2 saturated carbocycles. The second-order valence-electron chi connectivity index (χ2n) is 18.5. The first-order valence-electron chi connectivity index (χ1n) is 23.4. The van der Waals surface area contributed by atoms with Crippen LogP contribution < -0.4 is 21.3 Å². The van der Waals surface area contributed by atoms with E-state index in [1.807, 2.05) is 60.7 Å². The molecule has 14 heteroatoms. The summed E-state index contributed by atoms with van der Waals surface area (Å²) >= 11 is 0. The molecule has 0 spiro atoms. The number of nitrogens with zero attached hydrogens (tertiary/aromatic N) is 2. The zero-order valence-corrected chi connectivity index (χ0v) is 37.5. The molecule has 2 saturated heterocycles. The van der Waals surface area contributed by atoms with Crippen molar-refractivity contribution >= 4 is 35.4 Å². The van der Waals surface area contributed by atoms with Crippen molar-refractivity contribution in [1.29, 1.82) is 0 Å². The smallest absolute Gasteiger partial charge is 0.253 e. The van der Waals surface area contributed by atoms with Crippen LogP contribution in [0.25, 0.3) is 0 Å². The van der Waals surface area contributed by atoms with Gasteiger partial charge in [-0.1, -0.05) is 84.9 Å². The Morgan fingerprint density at radius 2 is 0.779 bits per heavy atom. The van der Waals surface area contributed by atoms with Crippen LogP contribution in [0.4, 0.5) is 8.78 Å². The Hall–Kier alpha value is -7.22. The molecule has 5 aromatic carbocycles. The van der Waals surface area contributed by atoms with Crippen molar-refractivity contribution in [2.24, 2.45) is 23.7 Å². The van der Waals surface area contributed by atoms with Gasteiger partial charge in [-0.3, -0.25) is 28.8 Å². The Balaban J connectivity index is 0.849. The lowest BCUT2D eigenvalue weighted by atomic mass is 9.94. The molecular weight excluding hydrogens is 867 g/mol. The molecule has 0 aromatic heterocycles. The average molecular weight is 921 g/mol. The maximum atomic E-state index is 14.1. The van der Waals surface area contributed by atoms with E-state index in [9.17, 15) is 37.5 Å². The highest BCUT2D eigenvalue weighted by atomic mass is 19.1. The van der Waals surface area contributed by atoms with E-state index in [1.54, 1.807) is 24.3 Å². The molecule has 4 fully saturated rings. The molecule has 4 N–H and O–H groups in total. The van der Waals surface area contributed by atoms with Crippen molar-refractivity contribution in [3.05, 3.63) is 178 Å². The lowest BCUT2D eigenvalue weighted by Crippen LogP contribution is -2.43. The minimum absolute atomic E-state index is 0.0292. The molecule has 2 aliphatic heterocycles. The highest BCUT2D eigenvalue weighted by Crippen LogP contribution is 2.43. The van der Waals surface area contributed by atoms with Crippen molar-refractivity contribution in [1.82, 2.24) is 31.1 Å². The number of halogens is 2. The van der Waals surface area contributed by atoms with Crippen LogP contribution in [0.1, 0.15) is 67.6 Å². The molecule has 8 atom stereocenters. The molecule has 68 heavy (non-hydrogen) atoms. The summed E-state index contributed by atoms with van der Waals surface area (Å²) < 4.78 is 26.9. The first-order valence-corrected chi connectivity index (χ1v) is 23.4. The van der Waals surface area contributed by atoms with E-state index < -0.39 is 41.4 Å². The van der Waals surface area contributed by atoms with Crippen LogP contribution in [0.5, 0.6) is 0 Å². The van der Waals surface area contributed by atoms with Crippen LogP contribution in [0.15, 0.2) is 133 Å². The van der Waals surface area contributed by atoms with Gasteiger partial charge in [0.05, 0.1) is 23.7 Å². The number of likely N-dealkylation sites (tertiary alicyclic amines) is 2. The summed E-state index contributed by atoms with van der Waals surface area (Å²) in [5.41, 5.74) is 4.46. The Bertz CT molecular complexity index is 2490. The van der Waals surface area contributed by atoms with Gasteiger partial charge in [-0.05, 0) is 96.5 Å². The first-order chi connectivity index (χ1) is 33.0. The van der Waals surface area contributed by atoms with Gasteiger partial charge in [-0.25, -0.2) is 8.78 Å². The Morgan fingerprint density at radius 1 is 0.441 bits per heavy atom. The summed E-state index contributed by atoms with van der Waals surface area (Å²) in [7, 11) is 0. The fraction of sp³-hybridized carbons (Fsp3) is 0.333. The zero-order valence-electron chi connectivity index (χ0n) is 37.5. The van der Waals surface area contributed by atoms with Gasteiger partial charge >= 0.3 is 0 Å². The van der Waals surface area contributed by atoms with Gasteiger partial charge in [-0.15, -0.1) is 0 Å². The largest absolute Gasteiger partial charge is 0.355 e. The van der Waals surface area contributed by atoms with Crippen LogP contribution in [-0.4, -0.2) is 96.6 Å². The number of hydrogen-bond acceptors (Lipinski definition) is 6. The standard InChI is InChI=1S/C54H54F2N6O6/c55-39-19-11-33(12-20-39)23-25-57-49(63)43-29-61(30-44(43)50(64)58-26-24-34-13-21-40(56)22-14-34)53(67)37-15-17-38(18-16-37)54(68)62-31-45(51(65)59-47-27-41(47)35-7-3-1-4-8-35)46(32-62)52(66)60-48-28-42(48)36-9-5-2-6-10-36/h1-22,41-48H,23-32H2,(H,57,63)(H,58,64)(H,59,65)(H,60,66)/t41-,42-,43-,44-,45-,46-,47+,48?/m1/s1. The Kier molecular flexibility index (Phi) is 13.7. The fourth-order valence-electron chi connectivity index (χ4n) is 9.77. The number of amides is 6. The Morgan fingerprint density at radius 3 is 1.13 bits per heavy atom. The molecule has 0 bridgehead atoms. The third-order valence-electron chi connectivity index (χ3n) is 13.9. The minimum atomic E-state index is -0.863. The lowest BCUT2D eigenvalue weighted by Gasteiger charge is -2.18. The molecule has 4 aliphatic rings. The van der Waals surface area contributed by atoms with Crippen LogP contribution in [0, 0.1) is 35.3 Å². The second-order valence-corrected chi connectivity index (χ2v) is 18.5. The molecule has 1 unspecified atom stereocenters. The van der Waals surface area contributed by atoms with Gasteiger partial charge in [0.2, 0.25) is 23.6 Å². The Labute approximate surface area is 393 Å². The summed E-state index contributed by atoms with van der Waals surface area (Å²) in [6, 6.07) is 37.9. The van der Waals surface area contributed by atoms with Crippen molar-refractivity contribution in [3.63, 3.8) is 0 Å². The van der Waals surface area contributed by atoms with Gasteiger partial charge in [0.1, 0.15) is 11.6 Å². The summed E-state index contributed by atoms with van der Waals surface area (Å²) in [5.74, 6) is -5.71. The number of rotatable bonds is 16. The summed E-state index contributed by atoms with van der Waals surface area (Å²) in [5, 5.41) is 12.1. The lowest BCUT2D eigenvalue weighted by molar-refractivity contribution is -0.133. The second kappa shape index (κ2) is 20.3. The number of carbonyl (C=O) groups is 6. The monoisotopic (exact) mass is 920 g/mol. The third-order valence-corrected chi connectivity index (χ3v) is 13.9. The van der Waals surface area contributed by atoms with Crippen LogP contribution >= 0.6 is 0 Å². The van der Waals surface area contributed by atoms with E-state index in [-0.39, 0.29) is 104 Å². The minimum Gasteiger partial charge on any atom is -0.355 e. The molecule has 2 heterocycles. The van der Waals surface area contributed by atoms with E-state index >= 15 is 0 Å². The van der Waals surface area contributed by atoms with Gasteiger partial charge in [0.15, 0.2) is 0 Å². The highest BCUT2D eigenvalue weighted by Gasteiger charge is 2.49. The van der Waals surface area contributed by atoms with Crippen LogP contribution in [-0.2, 0) is 32.0 Å². The fourth-order valence-corrected chi connectivity index (χ4v) is 9.77. The molecule has 350 valence electrons. The maximum absolute atomic E-state index is 14.1. The maximum Gasteiger partial charge on any atom is 0.253 e. The van der Waals surface area contributed by atoms with E-state index in [1.165, 1.54) is 58.3 Å². The quantitative estimate of drug-likeness (QED) is 0.104. The molecular formula is C54H54F2N6O6. The van der Waals surface area contributed by atoms with E-state index in [0.717, 1.165) is 35.1 Å². The molecule has 2 aliphatic carbocycles. The van der Waals surface area contributed by atoms with Crippen LogP contribution in [0.2, 0.25) is 0 Å². The number of nitrogens with one attached hydrogen (secondary N) is 4. The van der Waals surface area contributed by atoms with Crippen LogP contribution in [0.3, 0.4) is 0 Å². The van der Waals surface area contributed by atoms with Gasteiger partial charge in [-0.2, -0.15) is 0 Å². The molecule has 9 rings (SSSR count). The van der Waals surface area contributed by atoms with Gasteiger partial charge in [0, 0.05) is 74.3 Å². The SMILES string of the molecule is O=C(NCCc1ccc(F)cc1)[C@@H]1CN(C(=O)c2ccc(C(=O)N3C[C@@H](C(=O)NC4C[C@@H]4c4ccccc4)[C@H](C(=O)N[C@H]4C[C@@H]4c4ccccc4)C3)cc2)C[C@H]1C(=O)NCCc1ccc(F)cc1. The molecule has 5 aromatic rings. The summed E-state index contributed by atoms with van der Waals surface area (Å²) in [6.07, 6.45) is 2.46. The topological polar surface area (TPSA) is 157 Å². The highest BCUT2D eigenvalue weighted by molar-refractivity contribution is 6.00. The van der Waals surface area contributed by atoms with Gasteiger partial charge in [0.25, 0.3) is 11.8 Å². The van der Waals surface area contributed by atoms with E-state index in [4.69, 9.17) is 0 Å². The first kappa shape index (κ1) is 45.9. The van der Waals surface area contributed by atoms with Crippen molar-refractivity contribution < 1.29 is 37.5 Å². The molecule has 12 nitrogen and oxygen atoms in total. The van der Waals surface area contributed by atoms with Crippen molar-refractivity contribution in [3.8, 4) is 0 Å². The third kappa shape index (κ3) is 10.8. The molecule has 0 radical (unpaired) electrons. The average Bonchev–Trinajstić information content (AvgIpc) is 4.20. The number of carbonyl (C=O) groups excluding carboxylic acids is 6.